The number of aliphatic imine (C=N–C) groups is 1. The number of thiophene rings is 1. The highest BCUT2D eigenvalue weighted by molar-refractivity contribution is 14.0. The number of carbonyl (C=O) groups is 1. The third kappa shape index (κ3) is 6.56. The zero-order valence-corrected chi connectivity index (χ0v) is 15.6. The molecule has 114 valence electrons. The molecule has 0 spiro atoms. The summed E-state index contributed by atoms with van der Waals surface area (Å²) in [6.07, 6.45) is 0.836. The third-order valence-corrected chi connectivity index (χ3v) is 3.29. The smallest absolute Gasteiger partial charge is 0.261 e. The van der Waals surface area contributed by atoms with Crippen molar-refractivity contribution < 1.29 is 4.79 Å². The molecule has 0 aromatic carbocycles. The van der Waals surface area contributed by atoms with E-state index in [9.17, 15) is 4.79 Å². The van der Waals surface area contributed by atoms with Gasteiger partial charge in [0.1, 0.15) is 0 Å². The fourth-order valence-corrected chi connectivity index (χ4v) is 2.28. The zero-order chi connectivity index (χ0) is 14.3. The summed E-state index contributed by atoms with van der Waals surface area (Å²) in [6, 6.07) is 3.71. The maximum Gasteiger partial charge on any atom is 0.261 e. The zero-order valence-electron chi connectivity index (χ0n) is 12.4. The lowest BCUT2D eigenvalue weighted by atomic mass is 10.4. The predicted molar refractivity (Wildman–Crippen MR) is 96.4 cm³/mol. The van der Waals surface area contributed by atoms with Gasteiger partial charge in [-0.15, -0.1) is 35.3 Å². The van der Waals surface area contributed by atoms with Gasteiger partial charge in [-0.25, -0.2) is 0 Å². The average Bonchev–Trinajstić information content (AvgIpc) is 2.85. The van der Waals surface area contributed by atoms with Gasteiger partial charge < -0.3 is 15.1 Å². The highest BCUT2D eigenvalue weighted by Crippen LogP contribution is 2.07. The molecule has 0 saturated carbocycles. The number of nitrogens with zero attached hydrogens (tertiary/aromatic N) is 3. The van der Waals surface area contributed by atoms with E-state index < -0.39 is 0 Å². The van der Waals surface area contributed by atoms with Gasteiger partial charge >= 0.3 is 0 Å². The maximum atomic E-state index is 11.7. The van der Waals surface area contributed by atoms with Crippen LogP contribution in [0.2, 0.25) is 0 Å². The fourth-order valence-electron chi connectivity index (χ4n) is 1.64. The first kappa shape index (κ1) is 19.2. The third-order valence-electron chi connectivity index (χ3n) is 2.42. The Kier molecular flexibility index (Phi) is 9.56. The molecule has 0 saturated heterocycles. The molecular formula is C13H23IN4OS. The van der Waals surface area contributed by atoms with Crippen LogP contribution in [0.1, 0.15) is 16.1 Å². The van der Waals surface area contributed by atoms with Crippen molar-refractivity contribution in [3.05, 3.63) is 22.4 Å². The van der Waals surface area contributed by atoms with Crippen LogP contribution < -0.4 is 5.32 Å². The Balaban J connectivity index is 0.00000361. The predicted octanol–water partition coefficient (Wildman–Crippen LogP) is 1.97. The molecule has 20 heavy (non-hydrogen) atoms. The fraction of sp³-hybridized carbons (Fsp3) is 0.538. The van der Waals surface area contributed by atoms with Crippen LogP contribution >= 0.6 is 35.3 Å². The summed E-state index contributed by atoms with van der Waals surface area (Å²) in [4.78, 5) is 20.9. The molecule has 7 heteroatoms. The highest BCUT2D eigenvalue weighted by Gasteiger charge is 2.05. The second-order valence-electron chi connectivity index (χ2n) is 4.56. The SMILES string of the molecule is CN(C)C(=NCCCNC(=O)c1cccs1)N(C)C.I. The van der Waals surface area contributed by atoms with Crippen molar-refractivity contribution in [2.24, 2.45) is 4.99 Å². The van der Waals surface area contributed by atoms with Crippen molar-refractivity contribution in [3.63, 3.8) is 0 Å². The monoisotopic (exact) mass is 410 g/mol. The largest absolute Gasteiger partial charge is 0.351 e. The first-order chi connectivity index (χ1) is 9.02. The molecule has 1 aromatic heterocycles. The number of rotatable bonds is 5. The molecule has 0 radical (unpaired) electrons. The average molecular weight is 410 g/mol. The number of hydrogen-bond donors (Lipinski definition) is 1. The Labute approximate surface area is 142 Å². The van der Waals surface area contributed by atoms with E-state index in [4.69, 9.17) is 0 Å². The lowest BCUT2D eigenvalue weighted by molar-refractivity contribution is 0.0957. The van der Waals surface area contributed by atoms with Gasteiger partial charge in [-0.3, -0.25) is 9.79 Å². The van der Waals surface area contributed by atoms with Crippen LogP contribution in [0.15, 0.2) is 22.5 Å². The second kappa shape index (κ2) is 9.98. The molecule has 1 amide bonds. The highest BCUT2D eigenvalue weighted by atomic mass is 127. The molecular weight excluding hydrogens is 387 g/mol. The lowest BCUT2D eigenvalue weighted by Gasteiger charge is -2.22. The van der Waals surface area contributed by atoms with E-state index in [0.29, 0.717) is 13.1 Å². The molecule has 0 atom stereocenters. The van der Waals surface area contributed by atoms with Gasteiger partial charge in [0.25, 0.3) is 5.91 Å². The normalized spacial score (nSPS) is 9.40. The van der Waals surface area contributed by atoms with E-state index in [1.807, 2.05) is 55.5 Å². The van der Waals surface area contributed by atoms with E-state index in [1.165, 1.54) is 11.3 Å². The topological polar surface area (TPSA) is 47.9 Å². The first-order valence-corrected chi connectivity index (χ1v) is 7.11. The molecule has 1 N–H and O–H groups in total. The molecule has 0 unspecified atom stereocenters. The van der Waals surface area contributed by atoms with Gasteiger partial charge in [-0.1, -0.05) is 6.07 Å². The summed E-state index contributed by atoms with van der Waals surface area (Å²) >= 11 is 1.45. The van der Waals surface area contributed by atoms with Gasteiger partial charge in [0.15, 0.2) is 5.96 Å². The van der Waals surface area contributed by atoms with Crippen molar-refractivity contribution in [1.82, 2.24) is 15.1 Å². The number of guanidine groups is 1. The van der Waals surface area contributed by atoms with E-state index in [0.717, 1.165) is 17.3 Å². The number of carbonyl (C=O) groups excluding carboxylic acids is 1. The molecule has 5 nitrogen and oxygen atoms in total. The van der Waals surface area contributed by atoms with E-state index in [1.54, 1.807) is 0 Å². The van der Waals surface area contributed by atoms with Crippen LogP contribution in [0, 0.1) is 0 Å². The molecule has 1 heterocycles. The summed E-state index contributed by atoms with van der Waals surface area (Å²) in [6.45, 7) is 1.35. The van der Waals surface area contributed by atoms with Gasteiger partial charge in [0, 0.05) is 41.3 Å². The quantitative estimate of drug-likeness (QED) is 0.350. The first-order valence-electron chi connectivity index (χ1n) is 6.23. The summed E-state index contributed by atoms with van der Waals surface area (Å²) in [5.74, 6) is 0.934. The van der Waals surface area contributed by atoms with Crippen molar-refractivity contribution in [3.8, 4) is 0 Å². The molecule has 0 aliphatic rings. The summed E-state index contributed by atoms with van der Waals surface area (Å²) < 4.78 is 0. The molecule has 0 bridgehead atoms. The number of nitrogens with one attached hydrogen (secondary N) is 1. The minimum absolute atomic E-state index is 0. The molecule has 0 aliphatic carbocycles. The number of amides is 1. The number of hydrogen-bond acceptors (Lipinski definition) is 3. The summed E-state index contributed by atoms with van der Waals surface area (Å²) in [5.41, 5.74) is 0. The van der Waals surface area contributed by atoms with Crippen molar-refractivity contribution >= 4 is 47.2 Å². The molecule has 0 fully saturated rings. The van der Waals surface area contributed by atoms with Crippen LogP contribution in [0.5, 0.6) is 0 Å². The van der Waals surface area contributed by atoms with E-state index >= 15 is 0 Å². The summed E-state index contributed by atoms with van der Waals surface area (Å²) in [7, 11) is 7.88. The van der Waals surface area contributed by atoms with Crippen LogP contribution in [0.4, 0.5) is 0 Å². The van der Waals surface area contributed by atoms with Crippen LogP contribution in [0.25, 0.3) is 0 Å². The van der Waals surface area contributed by atoms with Crippen molar-refractivity contribution in [2.45, 2.75) is 6.42 Å². The van der Waals surface area contributed by atoms with Crippen LogP contribution in [-0.4, -0.2) is 62.9 Å². The second-order valence-corrected chi connectivity index (χ2v) is 5.51. The van der Waals surface area contributed by atoms with Crippen molar-refractivity contribution in [1.29, 1.82) is 0 Å². The van der Waals surface area contributed by atoms with E-state index in [-0.39, 0.29) is 29.9 Å². The lowest BCUT2D eigenvalue weighted by Crippen LogP contribution is -2.35. The standard InChI is InChI=1S/C13H22N4OS.HI/c1-16(2)13(17(3)4)15-9-6-8-14-12(18)11-7-5-10-19-11;/h5,7,10H,6,8-9H2,1-4H3,(H,14,18);1H. The van der Waals surface area contributed by atoms with E-state index in [2.05, 4.69) is 10.3 Å². The summed E-state index contributed by atoms with van der Waals surface area (Å²) in [5, 5.41) is 4.79. The van der Waals surface area contributed by atoms with Gasteiger partial charge in [0.05, 0.1) is 4.88 Å². The Morgan fingerprint density at radius 1 is 1.30 bits per heavy atom. The van der Waals surface area contributed by atoms with Crippen LogP contribution in [-0.2, 0) is 0 Å². The van der Waals surface area contributed by atoms with Gasteiger partial charge in [-0.05, 0) is 17.9 Å². The minimum atomic E-state index is -0.000535. The van der Waals surface area contributed by atoms with Gasteiger partial charge in [0.2, 0.25) is 0 Å². The van der Waals surface area contributed by atoms with Crippen LogP contribution in [0.3, 0.4) is 0 Å². The Morgan fingerprint density at radius 2 is 1.95 bits per heavy atom. The molecule has 1 rings (SSSR count). The molecule has 0 aliphatic heterocycles. The Bertz CT molecular complexity index is 408. The number of halogens is 1. The van der Waals surface area contributed by atoms with Gasteiger partial charge in [-0.2, -0.15) is 0 Å². The molecule has 1 aromatic rings. The van der Waals surface area contributed by atoms with Crippen molar-refractivity contribution in [2.75, 3.05) is 41.3 Å². The Hall–Kier alpha value is -0.830. The Morgan fingerprint density at radius 3 is 2.45 bits per heavy atom. The maximum absolute atomic E-state index is 11.7. The minimum Gasteiger partial charge on any atom is -0.351 e.